The lowest BCUT2D eigenvalue weighted by molar-refractivity contribution is 0.0607. The van der Waals surface area contributed by atoms with Gasteiger partial charge in [0, 0.05) is 49.0 Å². The van der Waals surface area contributed by atoms with Crippen LogP contribution in [0.4, 0.5) is 5.82 Å². The van der Waals surface area contributed by atoms with Gasteiger partial charge < -0.3 is 9.88 Å². The maximum atomic E-state index is 4.84. The number of aromatic nitrogens is 2. The average Bonchev–Trinajstić information content (AvgIpc) is 3.14. The molecule has 2 saturated heterocycles. The van der Waals surface area contributed by atoms with Crippen molar-refractivity contribution in [1.82, 2.24) is 14.9 Å². The first-order valence-electron chi connectivity index (χ1n) is 11.1. The Morgan fingerprint density at radius 1 is 1.00 bits per heavy atom. The van der Waals surface area contributed by atoms with Crippen LogP contribution in [0.3, 0.4) is 0 Å². The lowest BCUT2D eigenvalue weighted by Gasteiger charge is -2.48. The zero-order chi connectivity index (χ0) is 19.8. The molecular formula is C25H32N4. The molecule has 0 atom stereocenters. The summed E-state index contributed by atoms with van der Waals surface area (Å²) in [4.78, 5) is 13.5. The Balaban J connectivity index is 1.25. The Kier molecular flexibility index (Phi) is 4.83. The summed E-state index contributed by atoms with van der Waals surface area (Å²) in [6, 6.07) is 13.1. The Bertz CT molecular complexity index is 997. The standard InChI is InChI=1S/C25H32N4/c1-19-8-9-24(27-20(19)2)29-14-11-25(12-15-29)10-5-13-28(18-25)17-21-16-26-23-7-4-3-6-22(21)23/h3-4,6-9,16,26H,5,10-15,17-18H2,1-2H3. The topological polar surface area (TPSA) is 35.2 Å². The van der Waals surface area contributed by atoms with Gasteiger partial charge in [0.1, 0.15) is 5.82 Å². The Morgan fingerprint density at radius 3 is 2.66 bits per heavy atom. The van der Waals surface area contributed by atoms with Crippen LogP contribution in [0.25, 0.3) is 10.9 Å². The summed E-state index contributed by atoms with van der Waals surface area (Å²) < 4.78 is 0. The number of fused-ring (bicyclic) bond motifs is 1. The van der Waals surface area contributed by atoms with Crippen LogP contribution in [0.1, 0.15) is 42.5 Å². The van der Waals surface area contributed by atoms with Crippen molar-refractivity contribution in [2.24, 2.45) is 5.41 Å². The molecule has 0 unspecified atom stereocenters. The number of piperidine rings is 2. The summed E-state index contributed by atoms with van der Waals surface area (Å²) in [6.45, 7) is 10.1. The van der Waals surface area contributed by atoms with Crippen LogP contribution in [0.15, 0.2) is 42.6 Å². The van der Waals surface area contributed by atoms with Crippen molar-refractivity contribution in [3.05, 3.63) is 59.4 Å². The average molecular weight is 389 g/mol. The minimum atomic E-state index is 0.487. The predicted octanol–water partition coefficient (Wildman–Crippen LogP) is 5.06. The summed E-state index contributed by atoms with van der Waals surface area (Å²) in [6.07, 6.45) is 7.48. The molecule has 2 aromatic heterocycles. The van der Waals surface area contributed by atoms with Crippen LogP contribution in [0.2, 0.25) is 0 Å². The fraction of sp³-hybridized carbons (Fsp3) is 0.480. The summed E-state index contributed by atoms with van der Waals surface area (Å²) in [5.41, 5.74) is 5.62. The second kappa shape index (κ2) is 7.49. The molecule has 4 heterocycles. The van der Waals surface area contributed by atoms with Crippen molar-refractivity contribution in [2.75, 3.05) is 31.1 Å². The van der Waals surface area contributed by atoms with Gasteiger partial charge >= 0.3 is 0 Å². The van der Waals surface area contributed by atoms with Gasteiger partial charge in [-0.3, -0.25) is 4.90 Å². The number of pyridine rings is 1. The summed E-state index contributed by atoms with van der Waals surface area (Å²) in [5, 5.41) is 1.38. The SMILES string of the molecule is Cc1ccc(N2CCC3(CCCN(Cc4c[nH]c5ccccc45)C3)CC2)nc1C. The van der Waals surface area contributed by atoms with Crippen LogP contribution < -0.4 is 4.90 Å². The van der Waals surface area contributed by atoms with Gasteiger partial charge in [0.15, 0.2) is 0 Å². The first-order chi connectivity index (χ1) is 14.1. The molecule has 4 heteroatoms. The second-order valence-electron chi connectivity index (χ2n) is 9.23. The molecule has 5 rings (SSSR count). The third-order valence-corrected chi connectivity index (χ3v) is 7.29. The van der Waals surface area contributed by atoms with E-state index >= 15 is 0 Å². The van der Waals surface area contributed by atoms with Crippen molar-refractivity contribution in [2.45, 2.75) is 46.1 Å². The van der Waals surface area contributed by atoms with E-state index in [9.17, 15) is 0 Å². The molecule has 0 aliphatic carbocycles. The van der Waals surface area contributed by atoms with Crippen molar-refractivity contribution >= 4 is 16.7 Å². The number of nitrogens with one attached hydrogen (secondary N) is 1. The molecule has 2 aliphatic heterocycles. The highest BCUT2D eigenvalue weighted by atomic mass is 15.2. The lowest BCUT2D eigenvalue weighted by Crippen LogP contribution is -2.49. The number of aromatic amines is 1. The largest absolute Gasteiger partial charge is 0.361 e. The third kappa shape index (κ3) is 3.66. The molecule has 2 fully saturated rings. The molecule has 0 bridgehead atoms. The Labute approximate surface area is 173 Å². The van der Waals surface area contributed by atoms with Gasteiger partial charge in [0.05, 0.1) is 0 Å². The molecule has 0 radical (unpaired) electrons. The molecule has 3 aromatic rings. The Morgan fingerprint density at radius 2 is 1.83 bits per heavy atom. The molecule has 152 valence electrons. The van der Waals surface area contributed by atoms with E-state index in [0.717, 1.165) is 31.1 Å². The maximum absolute atomic E-state index is 4.84. The molecule has 1 N–H and O–H groups in total. The maximum Gasteiger partial charge on any atom is 0.128 e. The van der Waals surface area contributed by atoms with Crippen molar-refractivity contribution in [3.63, 3.8) is 0 Å². The number of H-pyrrole nitrogens is 1. The zero-order valence-corrected chi connectivity index (χ0v) is 17.7. The van der Waals surface area contributed by atoms with E-state index in [1.807, 2.05) is 0 Å². The molecule has 4 nitrogen and oxygen atoms in total. The number of likely N-dealkylation sites (tertiary alicyclic amines) is 1. The molecule has 0 saturated carbocycles. The number of hydrogen-bond acceptors (Lipinski definition) is 3. The number of benzene rings is 1. The lowest BCUT2D eigenvalue weighted by atomic mass is 9.72. The third-order valence-electron chi connectivity index (χ3n) is 7.29. The second-order valence-corrected chi connectivity index (χ2v) is 9.23. The summed E-state index contributed by atoms with van der Waals surface area (Å²) >= 11 is 0. The smallest absolute Gasteiger partial charge is 0.128 e. The van der Waals surface area contributed by atoms with Crippen LogP contribution in [0.5, 0.6) is 0 Å². The van der Waals surface area contributed by atoms with E-state index in [0.29, 0.717) is 5.41 Å². The van der Waals surface area contributed by atoms with E-state index < -0.39 is 0 Å². The van der Waals surface area contributed by atoms with E-state index in [-0.39, 0.29) is 0 Å². The van der Waals surface area contributed by atoms with Gasteiger partial charge in [-0.25, -0.2) is 4.98 Å². The van der Waals surface area contributed by atoms with Gasteiger partial charge in [0.2, 0.25) is 0 Å². The molecule has 1 spiro atoms. The van der Waals surface area contributed by atoms with Crippen LogP contribution >= 0.6 is 0 Å². The molecular weight excluding hydrogens is 356 g/mol. The number of nitrogens with zero attached hydrogens (tertiary/aromatic N) is 3. The number of aryl methyl sites for hydroxylation is 2. The monoisotopic (exact) mass is 388 g/mol. The number of hydrogen-bond donors (Lipinski definition) is 1. The highest BCUT2D eigenvalue weighted by Gasteiger charge is 2.38. The van der Waals surface area contributed by atoms with Gasteiger partial charge in [-0.1, -0.05) is 24.3 Å². The normalized spacial score (nSPS) is 19.9. The van der Waals surface area contributed by atoms with E-state index in [2.05, 4.69) is 71.2 Å². The Hall–Kier alpha value is -2.33. The van der Waals surface area contributed by atoms with Crippen LogP contribution in [-0.4, -0.2) is 41.0 Å². The van der Waals surface area contributed by atoms with Gasteiger partial charge in [-0.2, -0.15) is 0 Å². The van der Waals surface area contributed by atoms with Gasteiger partial charge in [0.25, 0.3) is 0 Å². The molecule has 29 heavy (non-hydrogen) atoms. The van der Waals surface area contributed by atoms with Gasteiger partial charge in [-0.15, -0.1) is 0 Å². The minimum absolute atomic E-state index is 0.487. The van der Waals surface area contributed by atoms with E-state index in [4.69, 9.17) is 4.98 Å². The predicted molar refractivity (Wildman–Crippen MR) is 120 cm³/mol. The highest BCUT2D eigenvalue weighted by Crippen LogP contribution is 2.41. The number of para-hydroxylation sites is 1. The fourth-order valence-corrected chi connectivity index (χ4v) is 5.36. The fourth-order valence-electron chi connectivity index (χ4n) is 5.36. The summed E-state index contributed by atoms with van der Waals surface area (Å²) in [7, 11) is 0. The van der Waals surface area contributed by atoms with E-state index in [1.54, 1.807) is 0 Å². The summed E-state index contributed by atoms with van der Waals surface area (Å²) in [5.74, 6) is 1.16. The molecule has 0 amide bonds. The van der Waals surface area contributed by atoms with E-state index in [1.165, 1.54) is 60.8 Å². The number of rotatable bonds is 3. The van der Waals surface area contributed by atoms with Crippen LogP contribution in [0, 0.1) is 19.3 Å². The van der Waals surface area contributed by atoms with Crippen LogP contribution in [-0.2, 0) is 6.54 Å². The van der Waals surface area contributed by atoms with Crippen molar-refractivity contribution in [1.29, 1.82) is 0 Å². The molecule has 2 aliphatic rings. The number of anilines is 1. The zero-order valence-electron chi connectivity index (χ0n) is 17.7. The van der Waals surface area contributed by atoms with Crippen molar-refractivity contribution in [3.8, 4) is 0 Å². The van der Waals surface area contributed by atoms with Crippen molar-refractivity contribution < 1.29 is 0 Å². The molecule has 1 aromatic carbocycles. The highest BCUT2D eigenvalue weighted by molar-refractivity contribution is 5.82. The first-order valence-corrected chi connectivity index (χ1v) is 11.1. The quantitative estimate of drug-likeness (QED) is 0.681. The first kappa shape index (κ1) is 18.7. The minimum Gasteiger partial charge on any atom is -0.361 e. The van der Waals surface area contributed by atoms with Gasteiger partial charge in [-0.05, 0) is 74.8 Å².